The van der Waals surface area contributed by atoms with Crippen LogP contribution >= 0.6 is 0 Å². The smallest absolute Gasteiger partial charge is 0.166 e. The van der Waals surface area contributed by atoms with Crippen LogP contribution in [0, 0.1) is 6.92 Å². The van der Waals surface area contributed by atoms with Gasteiger partial charge in [0.1, 0.15) is 11.5 Å². The van der Waals surface area contributed by atoms with Gasteiger partial charge in [0.05, 0.1) is 12.2 Å². The van der Waals surface area contributed by atoms with E-state index in [0.29, 0.717) is 12.2 Å². The van der Waals surface area contributed by atoms with E-state index in [1.54, 1.807) is 6.07 Å². The van der Waals surface area contributed by atoms with Crippen LogP contribution in [0.2, 0.25) is 0 Å². The van der Waals surface area contributed by atoms with Crippen molar-refractivity contribution < 1.29 is 9.32 Å². The zero-order valence-corrected chi connectivity index (χ0v) is 7.80. The number of aromatic nitrogens is 2. The molecule has 2 aromatic rings. The third kappa shape index (κ3) is 1.59. The van der Waals surface area contributed by atoms with Crippen LogP contribution in [0.15, 0.2) is 28.9 Å². The maximum absolute atomic E-state index is 10.6. The second kappa shape index (κ2) is 3.49. The van der Waals surface area contributed by atoms with Crippen molar-refractivity contribution in [2.24, 2.45) is 0 Å². The maximum atomic E-state index is 10.6. The second-order valence-electron chi connectivity index (χ2n) is 3.11. The molecule has 4 nitrogen and oxygen atoms in total. The topological polar surface area (TPSA) is 48.0 Å². The average Bonchev–Trinajstić information content (AvgIpc) is 2.76. The van der Waals surface area contributed by atoms with Gasteiger partial charge in [0.15, 0.2) is 6.29 Å². The van der Waals surface area contributed by atoms with E-state index in [1.807, 2.05) is 29.8 Å². The molecular formula is C10H10N2O2. The largest absolute Gasteiger partial charge is 0.361 e. The molecule has 0 aromatic carbocycles. The van der Waals surface area contributed by atoms with Crippen molar-refractivity contribution in [3.8, 4) is 0 Å². The molecule has 72 valence electrons. The summed E-state index contributed by atoms with van der Waals surface area (Å²) in [5.41, 5.74) is 1.47. The van der Waals surface area contributed by atoms with Crippen molar-refractivity contribution in [1.82, 2.24) is 9.72 Å². The molecule has 0 radical (unpaired) electrons. The molecule has 4 heteroatoms. The second-order valence-corrected chi connectivity index (χ2v) is 3.11. The summed E-state index contributed by atoms with van der Waals surface area (Å²) in [6.45, 7) is 2.41. The van der Waals surface area contributed by atoms with Crippen LogP contribution in [-0.2, 0) is 6.54 Å². The van der Waals surface area contributed by atoms with Gasteiger partial charge in [-0.2, -0.15) is 0 Å². The van der Waals surface area contributed by atoms with Crippen LogP contribution in [0.3, 0.4) is 0 Å². The van der Waals surface area contributed by atoms with Crippen molar-refractivity contribution in [2.75, 3.05) is 0 Å². The first-order valence-corrected chi connectivity index (χ1v) is 4.32. The average molecular weight is 190 g/mol. The monoisotopic (exact) mass is 190 g/mol. The number of carbonyl (C=O) groups is 1. The summed E-state index contributed by atoms with van der Waals surface area (Å²) in [6, 6.07) is 5.45. The first-order valence-electron chi connectivity index (χ1n) is 4.32. The SMILES string of the molecule is Cc1cc(Cn2cccc2C=O)no1. The Labute approximate surface area is 81.1 Å². The van der Waals surface area contributed by atoms with Gasteiger partial charge < -0.3 is 9.09 Å². The van der Waals surface area contributed by atoms with E-state index in [1.165, 1.54) is 0 Å². The van der Waals surface area contributed by atoms with Gasteiger partial charge in [0.2, 0.25) is 0 Å². The summed E-state index contributed by atoms with van der Waals surface area (Å²) in [5, 5.41) is 3.85. The Kier molecular flexibility index (Phi) is 2.18. The molecule has 0 unspecified atom stereocenters. The zero-order chi connectivity index (χ0) is 9.97. The van der Waals surface area contributed by atoms with Crippen molar-refractivity contribution in [3.63, 3.8) is 0 Å². The fraction of sp³-hybridized carbons (Fsp3) is 0.200. The van der Waals surface area contributed by atoms with E-state index >= 15 is 0 Å². The van der Waals surface area contributed by atoms with Crippen LogP contribution in [-0.4, -0.2) is 16.0 Å². The first-order chi connectivity index (χ1) is 6.79. The third-order valence-corrected chi connectivity index (χ3v) is 1.99. The Morgan fingerprint density at radius 3 is 3.14 bits per heavy atom. The fourth-order valence-corrected chi connectivity index (χ4v) is 1.35. The standard InChI is InChI=1S/C10H10N2O2/c1-8-5-9(11-14-8)6-12-4-2-3-10(12)7-13/h2-5,7H,6H2,1H3. The highest BCUT2D eigenvalue weighted by atomic mass is 16.5. The van der Waals surface area contributed by atoms with Gasteiger partial charge in [-0.15, -0.1) is 0 Å². The third-order valence-electron chi connectivity index (χ3n) is 1.99. The summed E-state index contributed by atoms with van der Waals surface area (Å²) in [4.78, 5) is 10.6. The summed E-state index contributed by atoms with van der Waals surface area (Å²) in [5.74, 6) is 0.778. The highest BCUT2D eigenvalue weighted by Crippen LogP contribution is 2.06. The lowest BCUT2D eigenvalue weighted by Gasteiger charge is -2.00. The molecule has 0 saturated carbocycles. The number of rotatable bonds is 3. The molecular weight excluding hydrogens is 180 g/mol. The molecule has 0 amide bonds. The van der Waals surface area contributed by atoms with Gasteiger partial charge in [-0.3, -0.25) is 4.79 Å². The van der Waals surface area contributed by atoms with Crippen molar-refractivity contribution in [1.29, 1.82) is 0 Å². The molecule has 0 aliphatic rings. The number of aryl methyl sites for hydroxylation is 1. The predicted molar refractivity (Wildman–Crippen MR) is 50.2 cm³/mol. The fourth-order valence-electron chi connectivity index (χ4n) is 1.35. The van der Waals surface area contributed by atoms with Crippen LogP contribution in [0.25, 0.3) is 0 Å². The Morgan fingerprint density at radius 2 is 2.50 bits per heavy atom. The number of hydrogen-bond donors (Lipinski definition) is 0. The van der Waals surface area contributed by atoms with E-state index in [2.05, 4.69) is 5.16 Å². The Hall–Kier alpha value is -1.84. The van der Waals surface area contributed by atoms with Crippen molar-refractivity contribution in [2.45, 2.75) is 13.5 Å². The van der Waals surface area contributed by atoms with Crippen molar-refractivity contribution >= 4 is 6.29 Å². The van der Waals surface area contributed by atoms with Gasteiger partial charge in [0.25, 0.3) is 0 Å². The molecule has 0 aliphatic heterocycles. The zero-order valence-electron chi connectivity index (χ0n) is 7.80. The van der Waals surface area contributed by atoms with Gasteiger partial charge >= 0.3 is 0 Å². The highest BCUT2D eigenvalue weighted by molar-refractivity contribution is 5.72. The van der Waals surface area contributed by atoms with Crippen LogP contribution < -0.4 is 0 Å². The number of aldehydes is 1. The van der Waals surface area contributed by atoms with Gasteiger partial charge in [-0.25, -0.2) is 0 Å². The predicted octanol–water partition coefficient (Wildman–Crippen LogP) is 1.65. The van der Waals surface area contributed by atoms with E-state index in [-0.39, 0.29) is 0 Å². The van der Waals surface area contributed by atoms with Crippen LogP contribution in [0.5, 0.6) is 0 Å². The molecule has 2 heterocycles. The normalized spacial score (nSPS) is 10.4. The number of carbonyl (C=O) groups excluding carboxylic acids is 1. The van der Waals surface area contributed by atoms with E-state index < -0.39 is 0 Å². The van der Waals surface area contributed by atoms with Crippen LogP contribution in [0.4, 0.5) is 0 Å². The molecule has 0 N–H and O–H groups in total. The quantitative estimate of drug-likeness (QED) is 0.691. The molecule has 0 bridgehead atoms. The van der Waals surface area contributed by atoms with Crippen LogP contribution in [0.1, 0.15) is 21.9 Å². The van der Waals surface area contributed by atoms with Crippen molar-refractivity contribution in [3.05, 3.63) is 41.5 Å². The summed E-state index contributed by atoms with van der Waals surface area (Å²) >= 11 is 0. The van der Waals surface area contributed by atoms with E-state index in [9.17, 15) is 4.79 Å². The first kappa shape index (κ1) is 8.74. The summed E-state index contributed by atoms with van der Waals surface area (Å²) in [7, 11) is 0. The summed E-state index contributed by atoms with van der Waals surface area (Å²) in [6.07, 6.45) is 2.67. The minimum atomic E-state index is 0.568. The maximum Gasteiger partial charge on any atom is 0.166 e. The van der Waals surface area contributed by atoms with E-state index in [4.69, 9.17) is 4.52 Å². The molecule has 2 rings (SSSR count). The lowest BCUT2D eigenvalue weighted by molar-refractivity contribution is 0.111. The number of nitrogens with zero attached hydrogens (tertiary/aromatic N) is 2. The lowest BCUT2D eigenvalue weighted by atomic mass is 10.3. The Morgan fingerprint density at radius 1 is 1.64 bits per heavy atom. The Balaban J connectivity index is 2.22. The Bertz CT molecular complexity index is 442. The van der Waals surface area contributed by atoms with E-state index in [0.717, 1.165) is 17.7 Å². The molecule has 0 saturated heterocycles. The minimum absolute atomic E-state index is 0.568. The molecule has 2 aromatic heterocycles. The summed E-state index contributed by atoms with van der Waals surface area (Å²) < 4.78 is 6.76. The molecule has 0 fully saturated rings. The highest BCUT2D eigenvalue weighted by Gasteiger charge is 2.03. The van der Waals surface area contributed by atoms with Gasteiger partial charge in [-0.1, -0.05) is 5.16 Å². The molecule has 0 spiro atoms. The van der Waals surface area contributed by atoms with Gasteiger partial charge in [-0.05, 0) is 19.1 Å². The lowest BCUT2D eigenvalue weighted by Crippen LogP contribution is -2.02. The molecule has 14 heavy (non-hydrogen) atoms. The van der Waals surface area contributed by atoms with Gasteiger partial charge in [0, 0.05) is 12.3 Å². The minimum Gasteiger partial charge on any atom is -0.361 e. The molecule has 0 aliphatic carbocycles. The molecule has 0 atom stereocenters. The number of hydrogen-bond acceptors (Lipinski definition) is 3.